The lowest BCUT2D eigenvalue weighted by Crippen LogP contribution is -2.30. The van der Waals surface area contributed by atoms with Crippen LogP contribution in [0.4, 0.5) is 14.5 Å². The van der Waals surface area contributed by atoms with E-state index in [1.807, 2.05) is 12.3 Å². The van der Waals surface area contributed by atoms with Crippen LogP contribution in [0.1, 0.15) is 22.7 Å². The van der Waals surface area contributed by atoms with E-state index in [2.05, 4.69) is 4.98 Å². The van der Waals surface area contributed by atoms with Gasteiger partial charge in [0.15, 0.2) is 0 Å². The van der Waals surface area contributed by atoms with Gasteiger partial charge in [0.1, 0.15) is 11.6 Å². The van der Waals surface area contributed by atoms with Gasteiger partial charge in [-0.05, 0) is 55.3 Å². The van der Waals surface area contributed by atoms with Crippen molar-refractivity contribution in [3.63, 3.8) is 0 Å². The first-order chi connectivity index (χ1) is 12.5. The number of hydrogen-bond acceptors (Lipinski definition) is 3. The number of halogens is 2. The largest absolute Gasteiger partial charge is 0.306 e. The standard InChI is InChI=1S/C20H18F2N2OS/c1-14-23-18(13-26-14)12-24(19-8-6-16(21)7-9-19)20(25)10-5-15-3-2-4-17(22)11-15/h2-4,6-9,11,13H,5,10,12H2,1H3. The predicted molar refractivity (Wildman–Crippen MR) is 99.2 cm³/mol. The molecule has 0 radical (unpaired) electrons. The first-order valence-corrected chi connectivity index (χ1v) is 9.10. The molecule has 1 aromatic heterocycles. The van der Waals surface area contributed by atoms with Crippen molar-refractivity contribution in [2.75, 3.05) is 4.90 Å². The summed E-state index contributed by atoms with van der Waals surface area (Å²) in [6, 6.07) is 12.0. The fraction of sp³-hybridized carbons (Fsp3) is 0.200. The van der Waals surface area contributed by atoms with E-state index in [0.29, 0.717) is 18.7 Å². The quantitative estimate of drug-likeness (QED) is 0.617. The van der Waals surface area contributed by atoms with E-state index in [1.54, 1.807) is 29.2 Å². The smallest absolute Gasteiger partial charge is 0.227 e. The Morgan fingerprint density at radius 3 is 2.54 bits per heavy atom. The molecule has 0 saturated heterocycles. The highest BCUT2D eigenvalue weighted by Crippen LogP contribution is 2.21. The number of thiazole rings is 1. The molecule has 26 heavy (non-hydrogen) atoms. The zero-order valence-corrected chi connectivity index (χ0v) is 15.1. The van der Waals surface area contributed by atoms with Gasteiger partial charge >= 0.3 is 0 Å². The zero-order valence-electron chi connectivity index (χ0n) is 14.3. The van der Waals surface area contributed by atoms with Crippen LogP contribution in [0.15, 0.2) is 53.9 Å². The SMILES string of the molecule is Cc1nc(CN(C(=O)CCc2cccc(F)c2)c2ccc(F)cc2)cs1. The molecule has 0 aliphatic carbocycles. The normalized spacial score (nSPS) is 10.7. The van der Waals surface area contributed by atoms with E-state index in [0.717, 1.165) is 16.3 Å². The van der Waals surface area contributed by atoms with Crippen molar-refractivity contribution < 1.29 is 13.6 Å². The Labute approximate surface area is 154 Å². The van der Waals surface area contributed by atoms with Crippen LogP contribution in [-0.2, 0) is 17.8 Å². The summed E-state index contributed by atoms with van der Waals surface area (Å²) < 4.78 is 26.5. The molecule has 0 saturated carbocycles. The Morgan fingerprint density at radius 2 is 1.88 bits per heavy atom. The van der Waals surface area contributed by atoms with Gasteiger partial charge in [-0.25, -0.2) is 13.8 Å². The number of carbonyl (C=O) groups excluding carboxylic acids is 1. The second-order valence-electron chi connectivity index (χ2n) is 5.94. The van der Waals surface area contributed by atoms with Crippen LogP contribution in [0.3, 0.4) is 0 Å². The molecule has 134 valence electrons. The molecule has 0 atom stereocenters. The number of rotatable bonds is 6. The number of anilines is 1. The fourth-order valence-corrected chi connectivity index (χ4v) is 3.27. The van der Waals surface area contributed by atoms with E-state index in [1.165, 1.54) is 35.6 Å². The molecule has 3 rings (SSSR count). The molecule has 0 N–H and O–H groups in total. The zero-order chi connectivity index (χ0) is 18.5. The Hall–Kier alpha value is -2.60. The van der Waals surface area contributed by atoms with Crippen molar-refractivity contribution in [3.05, 3.63) is 81.8 Å². The summed E-state index contributed by atoms with van der Waals surface area (Å²) in [6.45, 7) is 2.22. The monoisotopic (exact) mass is 372 g/mol. The van der Waals surface area contributed by atoms with Gasteiger partial charge < -0.3 is 4.90 Å². The van der Waals surface area contributed by atoms with E-state index < -0.39 is 0 Å². The first kappa shape index (κ1) is 18.2. The van der Waals surface area contributed by atoms with Gasteiger partial charge in [-0.3, -0.25) is 4.79 Å². The third kappa shape index (κ3) is 4.73. The summed E-state index contributed by atoms with van der Waals surface area (Å²) >= 11 is 1.52. The van der Waals surface area contributed by atoms with Crippen molar-refractivity contribution >= 4 is 22.9 Å². The molecular formula is C20H18F2N2OS. The Kier molecular flexibility index (Phi) is 5.73. The lowest BCUT2D eigenvalue weighted by molar-refractivity contribution is -0.118. The maximum atomic E-state index is 13.3. The van der Waals surface area contributed by atoms with Crippen LogP contribution in [0, 0.1) is 18.6 Å². The van der Waals surface area contributed by atoms with Gasteiger partial charge in [0, 0.05) is 17.5 Å². The highest BCUT2D eigenvalue weighted by atomic mass is 32.1. The molecule has 0 aliphatic rings. The van der Waals surface area contributed by atoms with Gasteiger partial charge in [0.05, 0.1) is 17.2 Å². The Balaban J connectivity index is 1.77. The molecule has 3 aromatic rings. The second-order valence-corrected chi connectivity index (χ2v) is 7.01. The lowest BCUT2D eigenvalue weighted by atomic mass is 10.1. The van der Waals surface area contributed by atoms with Gasteiger partial charge in [0.2, 0.25) is 5.91 Å². The fourth-order valence-electron chi connectivity index (χ4n) is 2.67. The molecular weight excluding hydrogens is 354 g/mol. The summed E-state index contributed by atoms with van der Waals surface area (Å²) in [6.07, 6.45) is 0.661. The molecule has 0 spiro atoms. The molecule has 0 bridgehead atoms. The van der Waals surface area contributed by atoms with E-state index in [-0.39, 0.29) is 24.0 Å². The lowest BCUT2D eigenvalue weighted by Gasteiger charge is -2.22. The number of aromatic nitrogens is 1. The van der Waals surface area contributed by atoms with Crippen molar-refractivity contribution in [2.24, 2.45) is 0 Å². The summed E-state index contributed by atoms with van der Waals surface area (Å²) in [7, 11) is 0. The number of amides is 1. The van der Waals surface area contributed by atoms with Crippen molar-refractivity contribution in [2.45, 2.75) is 26.3 Å². The second kappa shape index (κ2) is 8.19. The summed E-state index contributed by atoms with van der Waals surface area (Å²) in [4.78, 5) is 18.8. The minimum atomic E-state index is -0.356. The molecule has 0 aliphatic heterocycles. The number of aryl methyl sites for hydroxylation is 2. The van der Waals surface area contributed by atoms with E-state index in [9.17, 15) is 13.6 Å². The van der Waals surface area contributed by atoms with Crippen LogP contribution in [0.2, 0.25) is 0 Å². The minimum Gasteiger partial charge on any atom is -0.306 e. The van der Waals surface area contributed by atoms with Crippen molar-refractivity contribution in [1.29, 1.82) is 0 Å². The van der Waals surface area contributed by atoms with Crippen LogP contribution < -0.4 is 4.90 Å². The highest BCUT2D eigenvalue weighted by Gasteiger charge is 2.18. The molecule has 6 heteroatoms. The maximum absolute atomic E-state index is 13.3. The Morgan fingerprint density at radius 1 is 1.12 bits per heavy atom. The van der Waals surface area contributed by atoms with Crippen LogP contribution in [0.25, 0.3) is 0 Å². The topological polar surface area (TPSA) is 33.2 Å². The van der Waals surface area contributed by atoms with Crippen LogP contribution >= 0.6 is 11.3 Å². The highest BCUT2D eigenvalue weighted by molar-refractivity contribution is 7.09. The van der Waals surface area contributed by atoms with Gasteiger partial charge in [-0.15, -0.1) is 11.3 Å². The molecule has 0 fully saturated rings. The van der Waals surface area contributed by atoms with E-state index >= 15 is 0 Å². The minimum absolute atomic E-state index is 0.119. The van der Waals surface area contributed by atoms with Crippen LogP contribution in [0.5, 0.6) is 0 Å². The Bertz CT molecular complexity index is 893. The van der Waals surface area contributed by atoms with Crippen molar-refractivity contribution in [3.8, 4) is 0 Å². The average Bonchev–Trinajstić information content (AvgIpc) is 3.04. The number of benzene rings is 2. The molecule has 1 amide bonds. The van der Waals surface area contributed by atoms with Crippen LogP contribution in [-0.4, -0.2) is 10.9 Å². The number of hydrogen-bond donors (Lipinski definition) is 0. The van der Waals surface area contributed by atoms with E-state index in [4.69, 9.17) is 0 Å². The summed E-state index contributed by atoms with van der Waals surface area (Å²) in [5, 5.41) is 2.83. The molecule has 1 heterocycles. The molecule has 3 nitrogen and oxygen atoms in total. The molecule has 0 unspecified atom stereocenters. The first-order valence-electron chi connectivity index (χ1n) is 8.22. The number of carbonyl (C=O) groups is 1. The van der Waals surface area contributed by atoms with Gasteiger partial charge in [-0.2, -0.15) is 0 Å². The van der Waals surface area contributed by atoms with Gasteiger partial charge in [-0.1, -0.05) is 12.1 Å². The number of nitrogens with zero attached hydrogens (tertiary/aromatic N) is 2. The average molecular weight is 372 g/mol. The third-order valence-corrected chi connectivity index (χ3v) is 4.76. The third-order valence-electron chi connectivity index (χ3n) is 3.94. The summed E-state index contributed by atoms with van der Waals surface area (Å²) in [5.41, 5.74) is 2.17. The maximum Gasteiger partial charge on any atom is 0.227 e. The predicted octanol–water partition coefficient (Wildman–Crippen LogP) is 4.90. The molecule has 2 aromatic carbocycles. The summed E-state index contributed by atoms with van der Waals surface area (Å²) in [5.74, 6) is -0.791. The van der Waals surface area contributed by atoms with Gasteiger partial charge in [0.25, 0.3) is 0 Å². The van der Waals surface area contributed by atoms with Crippen molar-refractivity contribution in [1.82, 2.24) is 4.98 Å².